The first kappa shape index (κ1) is 24.2. The molecule has 4 aliphatic carbocycles. The Bertz CT molecular complexity index is 1070. The van der Waals surface area contributed by atoms with E-state index in [4.69, 9.17) is 0 Å². The van der Waals surface area contributed by atoms with Crippen LogP contribution in [0.5, 0.6) is 11.5 Å². The lowest BCUT2D eigenvalue weighted by atomic mass is 9.42. The van der Waals surface area contributed by atoms with E-state index in [-0.39, 0.29) is 48.3 Å². The van der Waals surface area contributed by atoms with Gasteiger partial charge in [0.15, 0.2) is 11.5 Å². The van der Waals surface area contributed by atoms with Crippen LogP contribution in [0.2, 0.25) is 0 Å². The monoisotopic (exact) mass is 473 g/mol. The number of phenols is 2. The van der Waals surface area contributed by atoms with Gasteiger partial charge >= 0.3 is 5.97 Å². The number of benzene rings is 1. The van der Waals surface area contributed by atoms with Crippen LogP contribution in [-0.4, -0.2) is 57.4 Å². The lowest BCUT2D eigenvalue weighted by Crippen LogP contribution is -2.62. The molecule has 3 saturated carbocycles. The highest BCUT2D eigenvalue weighted by molar-refractivity contribution is 6.01. The second-order valence-electron chi connectivity index (χ2n) is 10.2. The van der Waals surface area contributed by atoms with Crippen LogP contribution in [0.1, 0.15) is 55.8 Å². The Morgan fingerprint density at radius 3 is 2.68 bits per heavy atom. The number of esters is 1. The molecule has 4 aliphatic rings. The van der Waals surface area contributed by atoms with E-state index in [0.29, 0.717) is 12.8 Å². The highest BCUT2D eigenvalue weighted by Crippen LogP contribution is 2.65. The van der Waals surface area contributed by atoms with Gasteiger partial charge in [0.1, 0.15) is 17.0 Å². The number of carbonyl (C=O) groups is 3. The molecule has 5 N–H and O–H groups in total. The van der Waals surface area contributed by atoms with E-state index in [1.54, 1.807) is 6.08 Å². The topological polar surface area (TPSA) is 153 Å². The molecule has 1 amide bonds. The van der Waals surface area contributed by atoms with Gasteiger partial charge in [0.05, 0.1) is 19.3 Å². The van der Waals surface area contributed by atoms with E-state index >= 15 is 0 Å². The van der Waals surface area contributed by atoms with E-state index in [1.165, 1.54) is 12.1 Å². The number of hydrogen-bond acceptors (Lipinski definition) is 8. The molecule has 0 radical (unpaired) electrons. The molecule has 3 unspecified atom stereocenters. The summed E-state index contributed by atoms with van der Waals surface area (Å²) in [4.78, 5) is 37.6. The Morgan fingerprint density at radius 2 is 2.00 bits per heavy atom. The summed E-state index contributed by atoms with van der Waals surface area (Å²) >= 11 is 0. The minimum atomic E-state index is -1.16. The smallest absolute Gasteiger partial charge is 0.341 e. The van der Waals surface area contributed by atoms with E-state index in [0.717, 1.165) is 20.0 Å². The lowest BCUT2D eigenvalue weighted by molar-refractivity contribution is -0.190. The van der Waals surface area contributed by atoms with E-state index < -0.39 is 39.8 Å². The van der Waals surface area contributed by atoms with Gasteiger partial charge in [-0.1, -0.05) is 13.0 Å². The molecule has 2 bridgehead atoms. The lowest BCUT2D eigenvalue weighted by Gasteiger charge is -2.63. The number of allylic oxidation sites excluding steroid dienone is 2. The number of ketones is 1. The molecular weight excluding hydrogens is 442 g/mol. The quantitative estimate of drug-likeness (QED) is 0.312. The van der Waals surface area contributed by atoms with Crippen LogP contribution in [0.15, 0.2) is 24.3 Å². The number of fused-ring (bicyclic) bond motifs is 2. The molecule has 5 atom stereocenters. The highest BCUT2D eigenvalue weighted by Gasteiger charge is 2.63. The highest BCUT2D eigenvalue weighted by atomic mass is 16.5. The van der Waals surface area contributed by atoms with Crippen LogP contribution >= 0.6 is 0 Å². The van der Waals surface area contributed by atoms with Crippen molar-refractivity contribution in [2.45, 2.75) is 51.0 Å². The van der Waals surface area contributed by atoms with Gasteiger partial charge in [-0.15, -0.1) is 0 Å². The van der Waals surface area contributed by atoms with Crippen LogP contribution in [0.4, 0.5) is 5.69 Å². The maximum Gasteiger partial charge on any atom is 0.341 e. The van der Waals surface area contributed by atoms with Gasteiger partial charge in [0, 0.05) is 11.8 Å². The predicted octanol–water partition coefficient (Wildman–Crippen LogP) is 2.28. The molecule has 1 spiro atoms. The number of amides is 1. The van der Waals surface area contributed by atoms with Crippen molar-refractivity contribution in [1.29, 1.82) is 0 Å². The number of aliphatic hydroxyl groups excluding tert-OH is 1. The van der Waals surface area contributed by atoms with Crippen molar-refractivity contribution >= 4 is 23.3 Å². The molecular formula is C25H31NO8. The number of carbonyl (C=O) groups excluding carboxylic acids is 3. The molecule has 3 fully saturated rings. The van der Waals surface area contributed by atoms with Crippen molar-refractivity contribution in [1.82, 2.24) is 0 Å². The molecule has 0 aromatic heterocycles. The fourth-order valence-corrected chi connectivity index (χ4v) is 6.46. The predicted molar refractivity (Wildman–Crippen MR) is 121 cm³/mol. The number of methoxy groups -OCH3 is 1. The van der Waals surface area contributed by atoms with Gasteiger partial charge in [0.2, 0.25) is 5.91 Å². The summed E-state index contributed by atoms with van der Waals surface area (Å²) in [6.45, 7) is 1.54. The van der Waals surface area contributed by atoms with Gasteiger partial charge in [-0.25, -0.2) is 4.79 Å². The average Bonchev–Trinajstić information content (AvgIpc) is 2.82. The summed E-state index contributed by atoms with van der Waals surface area (Å²) in [7, 11) is 1.15. The summed E-state index contributed by atoms with van der Waals surface area (Å²) in [6, 6.07) is 2.36. The van der Waals surface area contributed by atoms with Crippen molar-refractivity contribution in [3.63, 3.8) is 0 Å². The second kappa shape index (κ2) is 8.39. The Balaban J connectivity index is 1.52. The number of hydrogen-bond donors (Lipinski definition) is 5. The normalized spacial score (nSPS) is 33.9. The molecule has 0 aliphatic heterocycles. The van der Waals surface area contributed by atoms with Gasteiger partial charge in [-0.3, -0.25) is 9.59 Å². The second-order valence-corrected chi connectivity index (χ2v) is 10.2. The van der Waals surface area contributed by atoms with Crippen LogP contribution < -0.4 is 5.32 Å². The number of ether oxygens (including phenoxy) is 1. The molecule has 0 saturated heterocycles. The molecule has 9 nitrogen and oxygen atoms in total. The molecule has 34 heavy (non-hydrogen) atoms. The van der Waals surface area contributed by atoms with Gasteiger partial charge in [-0.2, -0.15) is 0 Å². The summed E-state index contributed by atoms with van der Waals surface area (Å²) in [5, 5.41) is 43.6. The SMILES string of the molecule is COC(=O)c1ccc(O)c(NC(=O)CC[C@]2(C)C(=O)C=CC34CCC(CC32)[C@@](O)(CO)C4)c1O. The Kier molecular flexibility index (Phi) is 5.98. The molecule has 0 heterocycles. The summed E-state index contributed by atoms with van der Waals surface area (Å²) < 4.78 is 4.59. The fourth-order valence-electron chi connectivity index (χ4n) is 6.46. The first-order valence-corrected chi connectivity index (χ1v) is 11.5. The Hall–Kier alpha value is -2.91. The molecule has 1 aromatic rings. The van der Waals surface area contributed by atoms with Crippen molar-refractivity contribution in [3.8, 4) is 11.5 Å². The van der Waals surface area contributed by atoms with Gasteiger partial charge < -0.3 is 30.5 Å². The number of aromatic hydroxyl groups is 2. The molecule has 9 heteroatoms. The van der Waals surface area contributed by atoms with Gasteiger partial charge in [0.25, 0.3) is 0 Å². The summed E-state index contributed by atoms with van der Waals surface area (Å²) in [5.41, 5.74) is -2.89. The van der Waals surface area contributed by atoms with Crippen molar-refractivity contribution in [3.05, 3.63) is 29.8 Å². The van der Waals surface area contributed by atoms with Gasteiger partial charge in [-0.05, 0) is 67.6 Å². The average molecular weight is 474 g/mol. The zero-order valence-electron chi connectivity index (χ0n) is 19.3. The number of anilines is 1. The number of rotatable bonds is 6. The third kappa shape index (κ3) is 3.67. The van der Waals surface area contributed by atoms with Crippen molar-refractivity contribution in [2.75, 3.05) is 19.0 Å². The minimum absolute atomic E-state index is 0.0566. The number of nitrogens with one attached hydrogen (secondary N) is 1. The maximum atomic E-state index is 13.0. The Labute approximate surface area is 197 Å². The van der Waals surface area contributed by atoms with Crippen molar-refractivity contribution in [2.24, 2.45) is 22.7 Å². The van der Waals surface area contributed by atoms with E-state index in [1.807, 2.05) is 13.0 Å². The van der Waals surface area contributed by atoms with Crippen LogP contribution in [0.3, 0.4) is 0 Å². The molecule has 1 aromatic carbocycles. The number of phenolic OH excluding ortho intramolecular Hbond substituents is 2. The van der Waals surface area contributed by atoms with Crippen LogP contribution in [0.25, 0.3) is 0 Å². The first-order valence-electron chi connectivity index (χ1n) is 11.5. The van der Waals surface area contributed by atoms with E-state index in [2.05, 4.69) is 10.1 Å². The third-order valence-electron chi connectivity index (χ3n) is 8.44. The van der Waals surface area contributed by atoms with Crippen molar-refractivity contribution < 1.29 is 39.5 Å². The van der Waals surface area contributed by atoms with Crippen LogP contribution in [-0.2, 0) is 14.3 Å². The zero-order chi connectivity index (χ0) is 24.9. The summed E-state index contributed by atoms with van der Waals surface area (Å²) in [5.74, 6) is -2.61. The number of aliphatic hydroxyl groups is 2. The fraction of sp³-hybridized carbons (Fsp3) is 0.560. The zero-order valence-corrected chi connectivity index (χ0v) is 19.3. The maximum absolute atomic E-state index is 13.0. The third-order valence-corrected chi connectivity index (χ3v) is 8.44. The standard InChI is InChI=1S/C25H31NO8/c1-23(8-7-19(30)26-20-16(28)4-3-15(21(20)31)22(32)34-2)17-11-14-5-9-24(17,10-6-18(23)29)12-25(14,33)13-27/h3-4,6,10,14,17,27-28,31,33H,5,7-9,11-13H2,1-2H3,(H,26,30)/t14?,17?,23-,24?,25-/m0/s1. The minimum Gasteiger partial charge on any atom is -0.506 e. The largest absolute Gasteiger partial charge is 0.506 e. The van der Waals surface area contributed by atoms with Crippen LogP contribution in [0, 0.1) is 22.7 Å². The molecule has 5 rings (SSSR count). The summed E-state index contributed by atoms with van der Waals surface area (Å²) in [6.07, 6.45) is 6.20. The Morgan fingerprint density at radius 1 is 1.26 bits per heavy atom. The molecule has 184 valence electrons. The van der Waals surface area contributed by atoms with E-state index in [9.17, 15) is 34.8 Å². The first-order chi connectivity index (χ1) is 16.0.